The summed E-state index contributed by atoms with van der Waals surface area (Å²) in [6, 6.07) is 3.22. The molecule has 1 unspecified atom stereocenters. The SMILES string of the molecule is CCNCC1CCN(c2ccc(F)c(C(F)(F)F)c2)C1. The Labute approximate surface area is 115 Å². The number of hydrogen-bond acceptors (Lipinski definition) is 2. The number of benzene rings is 1. The van der Waals surface area contributed by atoms with Gasteiger partial charge in [-0.15, -0.1) is 0 Å². The van der Waals surface area contributed by atoms with Gasteiger partial charge in [-0.3, -0.25) is 0 Å². The fourth-order valence-corrected chi connectivity index (χ4v) is 2.51. The lowest BCUT2D eigenvalue weighted by molar-refractivity contribution is -0.139. The Morgan fingerprint density at radius 1 is 1.35 bits per heavy atom. The first kappa shape index (κ1) is 15.1. The highest BCUT2D eigenvalue weighted by Crippen LogP contribution is 2.35. The van der Waals surface area contributed by atoms with E-state index >= 15 is 0 Å². The molecule has 0 radical (unpaired) electrons. The van der Waals surface area contributed by atoms with Crippen LogP contribution >= 0.6 is 0 Å². The molecule has 2 nitrogen and oxygen atoms in total. The predicted octanol–water partition coefficient (Wildman–Crippen LogP) is 3.28. The third-order valence-corrected chi connectivity index (χ3v) is 3.59. The summed E-state index contributed by atoms with van der Waals surface area (Å²) in [6.45, 7) is 5.17. The van der Waals surface area contributed by atoms with Gasteiger partial charge in [0.25, 0.3) is 0 Å². The van der Waals surface area contributed by atoms with E-state index in [1.807, 2.05) is 11.8 Å². The molecule has 1 atom stereocenters. The molecule has 1 saturated heterocycles. The Balaban J connectivity index is 2.11. The second kappa shape index (κ2) is 5.99. The topological polar surface area (TPSA) is 15.3 Å². The second-order valence-corrected chi connectivity index (χ2v) is 5.07. The number of alkyl halides is 3. The van der Waals surface area contributed by atoms with Crippen LogP contribution in [-0.4, -0.2) is 26.2 Å². The quantitative estimate of drug-likeness (QED) is 0.856. The Morgan fingerprint density at radius 2 is 2.10 bits per heavy atom. The molecule has 6 heteroatoms. The van der Waals surface area contributed by atoms with Gasteiger partial charge < -0.3 is 10.2 Å². The van der Waals surface area contributed by atoms with Crippen LogP contribution in [-0.2, 0) is 6.18 Å². The van der Waals surface area contributed by atoms with Gasteiger partial charge in [0, 0.05) is 18.8 Å². The molecule has 0 amide bonds. The first-order valence-corrected chi connectivity index (χ1v) is 6.74. The molecular weight excluding hydrogens is 272 g/mol. The van der Waals surface area contributed by atoms with Gasteiger partial charge in [-0.1, -0.05) is 6.92 Å². The lowest BCUT2D eigenvalue weighted by Gasteiger charge is -2.20. The van der Waals surface area contributed by atoms with Gasteiger partial charge in [-0.05, 0) is 43.6 Å². The molecule has 1 heterocycles. The molecule has 2 rings (SSSR count). The van der Waals surface area contributed by atoms with Crippen LogP contribution < -0.4 is 10.2 Å². The van der Waals surface area contributed by atoms with Crippen LogP contribution in [0.15, 0.2) is 18.2 Å². The summed E-state index contributed by atoms with van der Waals surface area (Å²) in [5, 5.41) is 3.24. The van der Waals surface area contributed by atoms with E-state index in [0.717, 1.165) is 31.6 Å². The zero-order valence-electron chi connectivity index (χ0n) is 11.3. The maximum Gasteiger partial charge on any atom is 0.419 e. The zero-order valence-corrected chi connectivity index (χ0v) is 11.3. The summed E-state index contributed by atoms with van der Waals surface area (Å²) in [5.41, 5.74) is -0.747. The van der Waals surface area contributed by atoms with Crippen LogP contribution in [0, 0.1) is 11.7 Å². The normalized spacial score (nSPS) is 19.6. The monoisotopic (exact) mass is 290 g/mol. The van der Waals surface area contributed by atoms with E-state index in [1.165, 1.54) is 6.07 Å². The lowest BCUT2D eigenvalue weighted by atomic mass is 10.1. The van der Waals surface area contributed by atoms with Gasteiger partial charge in [0.2, 0.25) is 0 Å². The molecule has 1 aliphatic heterocycles. The maximum atomic E-state index is 13.2. The molecule has 0 spiro atoms. The van der Waals surface area contributed by atoms with Gasteiger partial charge in [0.15, 0.2) is 0 Å². The lowest BCUT2D eigenvalue weighted by Crippen LogP contribution is -2.26. The molecule has 0 saturated carbocycles. The number of halogens is 4. The highest BCUT2D eigenvalue weighted by Gasteiger charge is 2.35. The van der Waals surface area contributed by atoms with Crippen molar-refractivity contribution in [2.75, 3.05) is 31.1 Å². The Morgan fingerprint density at radius 3 is 2.75 bits per heavy atom. The van der Waals surface area contributed by atoms with Crippen LogP contribution in [0.25, 0.3) is 0 Å². The van der Waals surface area contributed by atoms with Crippen molar-refractivity contribution in [2.24, 2.45) is 5.92 Å². The highest BCUT2D eigenvalue weighted by molar-refractivity contribution is 5.50. The molecule has 1 aliphatic rings. The molecular formula is C14H18F4N2. The van der Waals surface area contributed by atoms with Crippen molar-refractivity contribution in [3.63, 3.8) is 0 Å². The highest BCUT2D eigenvalue weighted by atomic mass is 19.4. The smallest absolute Gasteiger partial charge is 0.371 e. The fraction of sp³-hybridized carbons (Fsp3) is 0.571. The summed E-state index contributed by atoms with van der Waals surface area (Å²) in [4.78, 5) is 1.89. The van der Waals surface area contributed by atoms with Crippen molar-refractivity contribution in [1.82, 2.24) is 5.32 Å². The predicted molar refractivity (Wildman–Crippen MR) is 70.3 cm³/mol. The first-order valence-electron chi connectivity index (χ1n) is 6.74. The summed E-state index contributed by atoms with van der Waals surface area (Å²) >= 11 is 0. The van der Waals surface area contributed by atoms with Crippen LogP contribution in [0.5, 0.6) is 0 Å². The van der Waals surface area contributed by atoms with Gasteiger partial charge in [-0.25, -0.2) is 4.39 Å². The number of hydrogen-bond donors (Lipinski definition) is 1. The van der Waals surface area contributed by atoms with E-state index in [2.05, 4.69) is 5.32 Å². The van der Waals surface area contributed by atoms with Gasteiger partial charge in [-0.2, -0.15) is 13.2 Å². The molecule has 0 aliphatic carbocycles. The molecule has 1 aromatic rings. The van der Waals surface area contributed by atoms with Gasteiger partial charge in [0.1, 0.15) is 5.82 Å². The van der Waals surface area contributed by atoms with Crippen molar-refractivity contribution in [3.05, 3.63) is 29.6 Å². The van der Waals surface area contributed by atoms with E-state index in [0.29, 0.717) is 24.7 Å². The number of anilines is 1. The third kappa shape index (κ3) is 3.42. The Bertz CT molecular complexity index is 459. The summed E-state index contributed by atoms with van der Waals surface area (Å²) in [5.74, 6) is -0.793. The zero-order chi connectivity index (χ0) is 14.8. The van der Waals surface area contributed by atoms with E-state index in [1.54, 1.807) is 0 Å². The minimum Gasteiger partial charge on any atom is -0.371 e. The first-order chi connectivity index (χ1) is 9.41. The molecule has 1 N–H and O–H groups in total. The molecule has 1 fully saturated rings. The minimum absolute atomic E-state index is 0.425. The van der Waals surface area contributed by atoms with Crippen molar-refractivity contribution in [1.29, 1.82) is 0 Å². The molecule has 112 valence electrons. The molecule has 20 heavy (non-hydrogen) atoms. The largest absolute Gasteiger partial charge is 0.419 e. The average molecular weight is 290 g/mol. The van der Waals surface area contributed by atoms with Crippen LogP contribution in [0.4, 0.5) is 23.2 Å². The van der Waals surface area contributed by atoms with Crippen molar-refractivity contribution in [3.8, 4) is 0 Å². The summed E-state index contributed by atoms with van der Waals surface area (Å²) in [7, 11) is 0. The third-order valence-electron chi connectivity index (χ3n) is 3.59. The van der Waals surface area contributed by atoms with E-state index < -0.39 is 17.6 Å². The maximum absolute atomic E-state index is 13.2. The molecule has 1 aromatic carbocycles. The summed E-state index contributed by atoms with van der Waals surface area (Å²) < 4.78 is 51.3. The van der Waals surface area contributed by atoms with E-state index in [9.17, 15) is 17.6 Å². The molecule has 0 bridgehead atoms. The number of nitrogens with zero attached hydrogens (tertiary/aromatic N) is 1. The van der Waals surface area contributed by atoms with E-state index in [4.69, 9.17) is 0 Å². The fourth-order valence-electron chi connectivity index (χ4n) is 2.51. The number of nitrogens with one attached hydrogen (secondary N) is 1. The van der Waals surface area contributed by atoms with Gasteiger partial charge in [0.05, 0.1) is 5.56 Å². The van der Waals surface area contributed by atoms with Crippen LogP contribution in [0.2, 0.25) is 0 Å². The van der Waals surface area contributed by atoms with Crippen LogP contribution in [0.3, 0.4) is 0 Å². The minimum atomic E-state index is -4.65. The standard InChI is InChI=1S/C14H18F4N2/c1-2-19-8-10-5-6-20(9-10)11-3-4-13(15)12(7-11)14(16,17)18/h3-4,7,10,19H,2,5-6,8-9H2,1H3. The molecule has 0 aromatic heterocycles. The van der Waals surface area contributed by atoms with Gasteiger partial charge >= 0.3 is 6.18 Å². The van der Waals surface area contributed by atoms with Crippen molar-refractivity contribution in [2.45, 2.75) is 19.5 Å². The summed E-state index contributed by atoms with van der Waals surface area (Å²) in [6.07, 6.45) is -3.71. The van der Waals surface area contributed by atoms with E-state index in [-0.39, 0.29) is 0 Å². The van der Waals surface area contributed by atoms with Crippen LogP contribution in [0.1, 0.15) is 18.9 Å². The average Bonchev–Trinajstić information content (AvgIpc) is 2.84. The Hall–Kier alpha value is -1.30. The van der Waals surface area contributed by atoms with Crippen molar-refractivity contribution < 1.29 is 17.6 Å². The Kier molecular flexibility index (Phi) is 4.52. The number of rotatable bonds is 4. The second-order valence-electron chi connectivity index (χ2n) is 5.07. The van der Waals surface area contributed by atoms with Crippen molar-refractivity contribution >= 4 is 5.69 Å².